The zero-order valence-corrected chi connectivity index (χ0v) is 31.3. The molecule has 0 amide bonds. The van der Waals surface area contributed by atoms with Crippen molar-refractivity contribution in [3.05, 3.63) is 223 Å². The maximum atomic E-state index is 5.22. The second kappa shape index (κ2) is 14.3. The second-order valence-corrected chi connectivity index (χ2v) is 14.7. The minimum atomic E-state index is 0.848. The Hall–Kier alpha value is -7.09. The molecular weight excluding hydrogens is 675 g/mol. The average Bonchev–Trinajstić information content (AvgIpc) is 3.26. The third-order valence-corrected chi connectivity index (χ3v) is 11.3. The fourth-order valence-corrected chi connectivity index (χ4v) is 8.59. The molecule has 0 saturated heterocycles. The second-order valence-electron chi connectivity index (χ2n) is 14.7. The van der Waals surface area contributed by atoms with E-state index in [9.17, 15) is 0 Å². The fourth-order valence-electron chi connectivity index (χ4n) is 8.59. The molecule has 56 heavy (non-hydrogen) atoms. The normalized spacial score (nSPS) is 11.8. The molecule has 264 valence electrons. The summed E-state index contributed by atoms with van der Waals surface area (Å²) >= 11 is 0. The molecule has 10 aromatic carbocycles. The van der Waals surface area contributed by atoms with Gasteiger partial charge in [0.2, 0.25) is 0 Å². The average molecular weight is 714 g/mol. The molecule has 1 nitrogen and oxygen atoms in total. The summed E-state index contributed by atoms with van der Waals surface area (Å²) in [5.74, 6) is 0. The molecule has 10 aromatic rings. The molecular formula is C55H39N. The molecule has 1 heteroatoms. The maximum absolute atomic E-state index is 5.22. The Morgan fingerprint density at radius 2 is 0.929 bits per heavy atom. The van der Waals surface area contributed by atoms with Gasteiger partial charge in [-0.1, -0.05) is 182 Å². The molecule has 0 saturated carbocycles. The van der Waals surface area contributed by atoms with Crippen LogP contribution in [0.1, 0.15) is 23.6 Å². The van der Waals surface area contributed by atoms with E-state index in [-0.39, 0.29) is 0 Å². The van der Waals surface area contributed by atoms with Gasteiger partial charge in [0, 0.05) is 5.71 Å². The summed E-state index contributed by atoms with van der Waals surface area (Å²) in [6.45, 7) is 2.13. The lowest BCUT2D eigenvalue weighted by Gasteiger charge is -2.19. The minimum Gasteiger partial charge on any atom is -0.253 e. The number of para-hydroxylation sites is 1. The molecule has 0 aromatic heterocycles. The van der Waals surface area contributed by atoms with E-state index >= 15 is 0 Å². The van der Waals surface area contributed by atoms with E-state index in [4.69, 9.17) is 4.99 Å². The van der Waals surface area contributed by atoms with Gasteiger partial charge in [-0.25, -0.2) is 0 Å². The third-order valence-electron chi connectivity index (χ3n) is 11.3. The highest BCUT2D eigenvalue weighted by Gasteiger charge is 2.18. The van der Waals surface area contributed by atoms with Crippen molar-refractivity contribution in [3.63, 3.8) is 0 Å². The molecule has 0 N–H and O–H groups in total. The van der Waals surface area contributed by atoms with Crippen molar-refractivity contribution >= 4 is 54.5 Å². The third kappa shape index (κ3) is 6.04. The van der Waals surface area contributed by atoms with Gasteiger partial charge in [-0.15, -0.1) is 0 Å². The van der Waals surface area contributed by atoms with Crippen LogP contribution in [0.2, 0.25) is 0 Å². The summed E-state index contributed by atoms with van der Waals surface area (Å²) in [7, 11) is 0. The summed E-state index contributed by atoms with van der Waals surface area (Å²) in [6, 6.07) is 74.9. The van der Waals surface area contributed by atoms with Crippen LogP contribution in [0.3, 0.4) is 0 Å². The zero-order chi connectivity index (χ0) is 37.4. The van der Waals surface area contributed by atoms with Crippen LogP contribution in [0.15, 0.2) is 211 Å². The molecule has 0 heterocycles. The molecule has 0 aliphatic rings. The summed E-state index contributed by atoms with van der Waals surface area (Å²) in [5.41, 5.74) is 13.1. The van der Waals surface area contributed by atoms with E-state index in [1.165, 1.54) is 87.6 Å². The largest absolute Gasteiger partial charge is 0.253 e. The van der Waals surface area contributed by atoms with Crippen LogP contribution in [0.4, 0.5) is 5.69 Å². The van der Waals surface area contributed by atoms with Gasteiger partial charge in [0.15, 0.2) is 0 Å². The first-order valence-electron chi connectivity index (χ1n) is 19.4. The topological polar surface area (TPSA) is 12.4 Å². The van der Waals surface area contributed by atoms with Crippen molar-refractivity contribution < 1.29 is 0 Å². The number of aliphatic imine (C=N–C) groups is 1. The summed E-state index contributed by atoms with van der Waals surface area (Å²) in [6.07, 6.45) is 0.848. The quantitative estimate of drug-likeness (QED) is 0.0886. The number of hydrogen-bond acceptors (Lipinski definition) is 1. The van der Waals surface area contributed by atoms with Crippen LogP contribution in [-0.4, -0.2) is 5.71 Å². The zero-order valence-electron chi connectivity index (χ0n) is 31.3. The summed E-state index contributed by atoms with van der Waals surface area (Å²) in [5, 5.41) is 10.0. The van der Waals surface area contributed by atoms with Gasteiger partial charge in [0.1, 0.15) is 0 Å². The predicted molar refractivity (Wildman–Crippen MR) is 240 cm³/mol. The van der Waals surface area contributed by atoms with Crippen LogP contribution < -0.4 is 0 Å². The lowest BCUT2D eigenvalue weighted by Crippen LogP contribution is -1.97. The van der Waals surface area contributed by atoms with Crippen molar-refractivity contribution in [1.29, 1.82) is 0 Å². The molecule has 0 aliphatic heterocycles. The van der Waals surface area contributed by atoms with Gasteiger partial charge < -0.3 is 0 Å². The van der Waals surface area contributed by atoms with Crippen molar-refractivity contribution in [2.24, 2.45) is 4.99 Å². The number of nitrogens with zero attached hydrogens (tertiary/aromatic N) is 1. The summed E-state index contributed by atoms with van der Waals surface area (Å²) < 4.78 is 0. The molecule has 10 rings (SSSR count). The van der Waals surface area contributed by atoms with Crippen molar-refractivity contribution in [2.75, 3.05) is 0 Å². The van der Waals surface area contributed by atoms with E-state index in [0.29, 0.717) is 0 Å². The first-order valence-corrected chi connectivity index (χ1v) is 19.4. The van der Waals surface area contributed by atoms with Crippen molar-refractivity contribution in [2.45, 2.75) is 13.3 Å². The van der Waals surface area contributed by atoms with Crippen LogP contribution in [0.25, 0.3) is 76.5 Å². The predicted octanol–water partition coefficient (Wildman–Crippen LogP) is 15.0. The van der Waals surface area contributed by atoms with Gasteiger partial charge in [-0.2, -0.15) is 0 Å². The lowest BCUT2D eigenvalue weighted by molar-refractivity contribution is 1.18. The van der Waals surface area contributed by atoms with Gasteiger partial charge >= 0.3 is 0 Å². The Labute approximate surface area is 327 Å². The van der Waals surface area contributed by atoms with Crippen molar-refractivity contribution in [1.82, 2.24) is 0 Å². The van der Waals surface area contributed by atoms with Gasteiger partial charge in [0.05, 0.1) is 5.69 Å². The number of benzene rings is 10. The molecule has 0 atom stereocenters. The SMILES string of the molecule is C/C(=N\c1ccccc1Cc1ccccc1)c1cccc(-c2c3ccccc3c(-c3ccc4cc(-c5ccccc5)c5ccccc5c4c3)c3ccccc23)c1. The number of fused-ring (bicyclic) bond motifs is 5. The van der Waals surface area contributed by atoms with Gasteiger partial charge in [-0.3, -0.25) is 4.99 Å². The van der Waals surface area contributed by atoms with Gasteiger partial charge in [-0.05, 0) is 131 Å². The Morgan fingerprint density at radius 1 is 0.393 bits per heavy atom. The molecule has 0 spiro atoms. The molecule has 0 radical (unpaired) electrons. The Balaban J connectivity index is 1.12. The molecule has 0 unspecified atom stereocenters. The van der Waals surface area contributed by atoms with E-state index in [0.717, 1.165) is 23.4 Å². The Kier molecular flexibility index (Phi) is 8.54. The van der Waals surface area contributed by atoms with Gasteiger partial charge in [0.25, 0.3) is 0 Å². The number of hydrogen-bond donors (Lipinski definition) is 0. The lowest BCUT2D eigenvalue weighted by atomic mass is 9.84. The van der Waals surface area contributed by atoms with Crippen LogP contribution >= 0.6 is 0 Å². The van der Waals surface area contributed by atoms with E-state index in [1.807, 2.05) is 0 Å². The highest BCUT2D eigenvalue weighted by Crippen LogP contribution is 2.45. The van der Waals surface area contributed by atoms with Crippen molar-refractivity contribution in [3.8, 4) is 33.4 Å². The minimum absolute atomic E-state index is 0.848. The Morgan fingerprint density at radius 3 is 1.61 bits per heavy atom. The smallest absolute Gasteiger partial charge is 0.0668 e. The highest BCUT2D eigenvalue weighted by molar-refractivity contribution is 6.23. The van der Waals surface area contributed by atoms with E-state index < -0.39 is 0 Å². The maximum Gasteiger partial charge on any atom is 0.0668 e. The Bertz CT molecular complexity index is 3040. The molecule has 0 fully saturated rings. The summed E-state index contributed by atoms with van der Waals surface area (Å²) in [4.78, 5) is 5.22. The first-order chi connectivity index (χ1) is 27.7. The van der Waals surface area contributed by atoms with E-state index in [2.05, 4.69) is 213 Å². The van der Waals surface area contributed by atoms with Crippen LogP contribution in [0, 0.1) is 0 Å². The highest BCUT2D eigenvalue weighted by atomic mass is 14.7. The first kappa shape index (κ1) is 33.5. The monoisotopic (exact) mass is 713 g/mol. The van der Waals surface area contributed by atoms with E-state index in [1.54, 1.807) is 0 Å². The van der Waals surface area contributed by atoms with Crippen LogP contribution in [0.5, 0.6) is 0 Å². The van der Waals surface area contributed by atoms with Crippen LogP contribution in [-0.2, 0) is 6.42 Å². The fraction of sp³-hybridized carbons (Fsp3) is 0.0364. The number of rotatable bonds is 7. The molecule has 0 bridgehead atoms. The molecule has 0 aliphatic carbocycles. The standard InChI is InChI=1S/C55H39N/c1-37(56-53-30-15-8-21-42(53)33-38-17-4-2-5-18-38)40-22-16-23-43(34-40)54-47-26-11-13-28-49(47)55(50-29-14-12-27-48(50)54)44-32-31-41-35-51(39-19-6-3-7-20-39)45-24-9-10-25-46(45)52(41)36-44/h2-32,34-36H,33H2,1H3/b56-37+.